The van der Waals surface area contributed by atoms with Gasteiger partial charge in [0, 0.05) is 155 Å². The minimum Gasteiger partial charge on any atom is -0.870 e. The Morgan fingerprint density at radius 3 is 1.05 bits per heavy atom. The third-order valence-corrected chi connectivity index (χ3v) is 13.7. The number of piperazine rings is 3. The molecular weight excluding hydrogens is 1340 g/mol. The fourth-order valence-corrected chi connectivity index (χ4v) is 8.55. The first-order valence-electron chi connectivity index (χ1n) is 32.4. The molecular formula is C64H103ClN17NaO17. The monoisotopic (exact) mass is 1440 g/mol. The van der Waals surface area contributed by atoms with Crippen LogP contribution >= 0.6 is 11.6 Å². The molecule has 4 aromatic heterocycles. The summed E-state index contributed by atoms with van der Waals surface area (Å²) in [4.78, 5) is 134. The summed E-state index contributed by atoms with van der Waals surface area (Å²) in [5.41, 5.74) is 1.95. The van der Waals surface area contributed by atoms with Crippen molar-refractivity contribution in [2.24, 2.45) is 0 Å². The van der Waals surface area contributed by atoms with E-state index in [0.717, 1.165) is 18.3 Å². The minimum absolute atomic E-state index is 0. The number of esters is 2. The number of nitrogens with zero attached hydrogens (tertiary/aromatic N) is 15. The third kappa shape index (κ3) is 36.2. The predicted molar refractivity (Wildman–Crippen MR) is 366 cm³/mol. The summed E-state index contributed by atoms with van der Waals surface area (Å²) >= 11 is 5.42. The SMILES string of the molecule is C1CCNCC1.C1CCOC1.CC(C)(C)OC(=O)N1CCN(c2ncc(C(=O)O)cn2)CC1.CCOC(=O)c1cnc(Cl)nc1.CCOC(=O)c1cnc(N2CCN(C(=O)OC(C)(C)C)CC2)nc1.CNOC.CON(C)C(=O)c1cnc(N2CCN(C(=O)OC(C)(C)C)CC2)nc1.[Na+].[OH-]. The molecule has 34 nitrogen and oxygen atoms in total. The number of hydrogen-bond donors (Lipinski definition) is 3. The molecule has 5 aliphatic rings. The van der Waals surface area contributed by atoms with E-state index in [1.54, 1.807) is 42.7 Å². The summed E-state index contributed by atoms with van der Waals surface area (Å²) in [6, 6.07) is 0. The molecule has 100 heavy (non-hydrogen) atoms. The van der Waals surface area contributed by atoms with Crippen LogP contribution in [0.1, 0.15) is 150 Å². The Labute approximate surface area is 613 Å². The first-order chi connectivity index (χ1) is 46.4. The maximum atomic E-state index is 12.1. The second-order valence-electron chi connectivity index (χ2n) is 24.7. The number of carbonyl (C=O) groups excluding carboxylic acids is 6. The van der Waals surface area contributed by atoms with Gasteiger partial charge in [0.25, 0.3) is 5.91 Å². The molecule has 0 radical (unpaired) electrons. The van der Waals surface area contributed by atoms with Crippen molar-refractivity contribution < 1.29 is 112 Å². The fourth-order valence-electron chi connectivity index (χ4n) is 8.45. The maximum Gasteiger partial charge on any atom is 1.00 e. The average molecular weight is 1440 g/mol. The van der Waals surface area contributed by atoms with E-state index in [1.807, 2.05) is 77.0 Å². The Bertz CT molecular complexity index is 2970. The number of carbonyl (C=O) groups is 7. The van der Waals surface area contributed by atoms with Gasteiger partial charge in [0.2, 0.25) is 23.1 Å². The van der Waals surface area contributed by atoms with Crippen molar-refractivity contribution >= 4 is 71.5 Å². The van der Waals surface area contributed by atoms with Crippen LogP contribution in [0.4, 0.5) is 32.2 Å². The van der Waals surface area contributed by atoms with E-state index in [4.69, 9.17) is 50.0 Å². The van der Waals surface area contributed by atoms with Crippen LogP contribution < -0.4 is 55.1 Å². The summed E-state index contributed by atoms with van der Waals surface area (Å²) < 4.78 is 30.6. The van der Waals surface area contributed by atoms with Crippen LogP contribution in [0.5, 0.6) is 0 Å². The number of hydroxylamine groups is 3. The molecule has 0 aliphatic carbocycles. The molecule has 5 aliphatic heterocycles. The van der Waals surface area contributed by atoms with Crippen LogP contribution in [0, 0.1) is 0 Å². The number of carboxylic acid groups (broad SMARTS) is 1. The molecule has 0 saturated carbocycles. The summed E-state index contributed by atoms with van der Waals surface area (Å²) in [5, 5.41) is 13.3. The van der Waals surface area contributed by atoms with Crippen molar-refractivity contribution in [2.45, 2.75) is 125 Å². The zero-order valence-corrected chi connectivity index (χ0v) is 63.7. The van der Waals surface area contributed by atoms with Gasteiger partial charge in [0.15, 0.2) is 0 Å². The number of carboxylic acids is 1. The number of hydrogen-bond acceptors (Lipinski definition) is 29. The van der Waals surface area contributed by atoms with Gasteiger partial charge in [-0.05, 0) is 127 Å². The predicted octanol–water partition coefficient (Wildman–Crippen LogP) is 3.57. The molecule has 0 bridgehead atoms. The fraction of sp³-hybridized carbons (Fsp3) is 0.641. The Morgan fingerprint density at radius 1 is 0.520 bits per heavy atom. The first kappa shape index (κ1) is 90.5. The van der Waals surface area contributed by atoms with Gasteiger partial charge in [0.1, 0.15) is 16.8 Å². The molecule has 9 rings (SSSR count). The van der Waals surface area contributed by atoms with Crippen LogP contribution in [-0.4, -0.2) is 275 Å². The molecule has 0 unspecified atom stereocenters. The van der Waals surface area contributed by atoms with Gasteiger partial charge in [-0.15, -0.1) is 0 Å². The van der Waals surface area contributed by atoms with E-state index < -0.39 is 34.7 Å². The van der Waals surface area contributed by atoms with E-state index in [9.17, 15) is 33.6 Å². The number of halogens is 1. The van der Waals surface area contributed by atoms with Gasteiger partial charge in [-0.3, -0.25) is 9.63 Å². The van der Waals surface area contributed by atoms with Crippen molar-refractivity contribution in [2.75, 3.05) is 161 Å². The standard InChI is InChI=1S/C16H25N5O4.C16H24N4O4.C14H20N4O4.C7H7ClN2O2.C5H11N.C4H8O.C2H7NO.Na.H2O/c1-16(2,3)25-15(23)21-8-6-20(7-9-21)14-17-10-12(11-18-14)13(22)19(4)24-5;1-5-23-13(21)12-10-17-14(18-11-12)19-6-8-20(9-7-19)15(22)24-16(2,3)4;1-14(2,3)22-13(21)18-6-4-17(5-7-18)12-15-8-10(9-16-12)11(19)20;1-2-12-6(11)5-3-9-7(8)10-4-5;1-2-4-6-5-3-1;1-2-4-5-3-1;1-3-4-2;;/h10-11H,6-9H2,1-5H3;10-11H,5-9H2,1-4H3;8-9H,4-7H2,1-3H3,(H,19,20);3-4H,2H2,1H3;6H,1-5H2;1-4H2;3H,1-2H3;;1H2/q;;;;;;;+1;/p-1. The van der Waals surface area contributed by atoms with Crippen molar-refractivity contribution in [1.29, 1.82) is 0 Å². The van der Waals surface area contributed by atoms with E-state index in [1.165, 1.54) is 109 Å². The number of ether oxygens (including phenoxy) is 6. The molecule has 0 spiro atoms. The normalized spacial score (nSPS) is 14.9. The van der Waals surface area contributed by atoms with E-state index in [0.29, 0.717) is 126 Å². The van der Waals surface area contributed by atoms with Crippen LogP contribution in [0.3, 0.4) is 0 Å². The molecule has 5 saturated heterocycles. The largest absolute Gasteiger partial charge is 1.00 e. The molecule has 554 valence electrons. The number of aromatic carboxylic acids is 1. The van der Waals surface area contributed by atoms with Gasteiger partial charge in [0.05, 0.1) is 49.7 Å². The Hall–Kier alpha value is -7.54. The second kappa shape index (κ2) is 47.5. The number of nitrogens with one attached hydrogen (secondary N) is 2. The minimum atomic E-state index is -1.05. The average Bonchev–Trinajstić information content (AvgIpc) is 0.858. The van der Waals surface area contributed by atoms with Gasteiger partial charge in [-0.2, -0.15) is 0 Å². The number of aromatic nitrogens is 8. The zero-order chi connectivity index (χ0) is 72.8. The summed E-state index contributed by atoms with van der Waals surface area (Å²) in [6.45, 7) is 31.9. The van der Waals surface area contributed by atoms with E-state index >= 15 is 0 Å². The third-order valence-electron chi connectivity index (χ3n) is 13.5. The number of anilines is 3. The smallest absolute Gasteiger partial charge is 0.870 e. The number of piperidine rings is 1. The van der Waals surface area contributed by atoms with Crippen molar-refractivity contribution in [3.63, 3.8) is 0 Å². The Kier molecular flexibility index (Phi) is 43.0. The van der Waals surface area contributed by atoms with Crippen LogP contribution in [0.25, 0.3) is 0 Å². The number of amides is 4. The molecule has 4 aromatic rings. The van der Waals surface area contributed by atoms with Gasteiger partial charge >= 0.3 is 65.7 Å². The van der Waals surface area contributed by atoms with Gasteiger partial charge in [-0.1, -0.05) is 6.42 Å². The number of rotatable bonds is 11. The topological polar surface area (TPSA) is 393 Å². The zero-order valence-electron chi connectivity index (χ0n) is 61.0. The summed E-state index contributed by atoms with van der Waals surface area (Å²) in [5.74, 6) is -0.709. The molecule has 0 atom stereocenters. The van der Waals surface area contributed by atoms with Crippen molar-refractivity contribution in [1.82, 2.24) is 70.4 Å². The quantitative estimate of drug-likeness (QED) is 0.0635. The maximum absolute atomic E-state index is 12.1. The molecule has 5 fully saturated rings. The van der Waals surface area contributed by atoms with Crippen LogP contribution in [0.2, 0.25) is 5.28 Å². The van der Waals surface area contributed by atoms with Crippen LogP contribution in [0.15, 0.2) is 49.6 Å². The summed E-state index contributed by atoms with van der Waals surface area (Å²) in [6.07, 6.45) is 16.9. The van der Waals surface area contributed by atoms with E-state index in [2.05, 4.69) is 55.5 Å². The van der Waals surface area contributed by atoms with Crippen molar-refractivity contribution in [3.05, 3.63) is 77.1 Å². The molecule has 0 aromatic carbocycles. The summed E-state index contributed by atoms with van der Waals surface area (Å²) in [7, 11) is 6.21. The van der Waals surface area contributed by atoms with Crippen LogP contribution in [-0.2, 0) is 38.1 Å². The van der Waals surface area contributed by atoms with Gasteiger partial charge < -0.3 is 78.6 Å². The Morgan fingerprint density at radius 2 is 0.820 bits per heavy atom. The molecule has 9 heterocycles. The molecule has 4 amide bonds. The Balaban J connectivity index is 0.000000627. The first-order valence-corrected chi connectivity index (χ1v) is 32.8. The van der Waals surface area contributed by atoms with E-state index in [-0.39, 0.29) is 70.1 Å². The second-order valence-corrected chi connectivity index (χ2v) is 25.0. The van der Waals surface area contributed by atoms with Crippen molar-refractivity contribution in [3.8, 4) is 0 Å². The van der Waals surface area contributed by atoms with Gasteiger partial charge in [-0.25, -0.2) is 79.2 Å². The molecule has 36 heteroatoms. The molecule has 4 N–H and O–H groups in total.